The molecule has 1 heterocycles. The Morgan fingerprint density at radius 1 is 1.15 bits per heavy atom. The van der Waals surface area contributed by atoms with Gasteiger partial charge in [-0.15, -0.1) is 0 Å². The molecule has 2 aromatic carbocycles. The van der Waals surface area contributed by atoms with Crippen LogP contribution in [0.2, 0.25) is 5.02 Å². The van der Waals surface area contributed by atoms with Gasteiger partial charge in [0, 0.05) is 22.6 Å². The standard InChI is InChI=1S/C21H21ClO5/c22-18-10-4-3-9-17(18)21-26-13-15(7-5-11-19(24)25)20(27-21)16-8-2-1-6-14(16)12-23/h1-6,8-11,15,20-21,23H,7,12-13H2,(H,24,25)/b11-5+/t15-,20+,21+/m1/s1. The third-order valence-corrected chi connectivity index (χ3v) is 4.89. The maximum Gasteiger partial charge on any atom is 0.327 e. The van der Waals surface area contributed by atoms with Gasteiger partial charge >= 0.3 is 5.97 Å². The molecule has 1 aliphatic heterocycles. The molecule has 3 rings (SSSR count). The van der Waals surface area contributed by atoms with E-state index in [9.17, 15) is 9.90 Å². The van der Waals surface area contributed by atoms with Crippen molar-refractivity contribution in [3.8, 4) is 0 Å². The highest BCUT2D eigenvalue weighted by atomic mass is 35.5. The first kappa shape index (κ1) is 19.6. The normalized spacial score (nSPS) is 22.8. The summed E-state index contributed by atoms with van der Waals surface area (Å²) in [6, 6.07) is 14.9. The number of aliphatic hydroxyl groups is 1. The molecule has 1 aliphatic rings. The maximum atomic E-state index is 10.8. The number of aliphatic carboxylic acids is 1. The SMILES string of the molecule is O=C(O)/C=C/C[C@@H]1CO[C@H](c2ccccc2Cl)O[C@@H]1c1ccccc1CO. The van der Waals surface area contributed by atoms with Gasteiger partial charge in [-0.1, -0.05) is 60.1 Å². The maximum absolute atomic E-state index is 10.8. The minimum Gasteiger partial charge on any atom is -0.478 e. The second-order valence-corrected chi connectivity index (χ2v) is 6.74. The van der Waals surface area contributed by atoms with E-state index in [4.69, 9.17) is 26.2 Å². The molecule has 5 nitrogen and oxygen atoms in total. The van der Waals surface area contributed by atoms with Crippen molar-refractivity contribution < 1.29 is 24.5 Å². The summed E-state index contributed by atoms with van der Waals surface area (Å²) < 4.78 is 12.1. The van der Waals surface area contributed by atoms with Gasteiger partial charge < -0.3 is 19.7 Å². The molecule has 0 saturated carbocycles. The van der Waals surface area contributed by atoms with E-state index in [2.05, 4.69) is 0 Å². The number of carboxylic acids is 1. The molecule has 27 heavy (non-hydrogen) atoms. The van der Waals surface area contributed by atoms with Crippen LogP contribution in [0.1, 0.15) is 35.5 Å². The highest BCUT2D eigenvalue weighted by Crippen LogP contribution is 2.42. The molecule has 1 fully saturated rings. The lowest BCUT2D eigenvalue weighted by Gasteiger charge is -2.37. The number of aliphatic hydroxyl groups excluding tert-OH is 1. The molecule has 3 atom stereocenters. The topological polar surface area (TPSA) is 76.0 Å². The Balaban J connectivity index is 1.90. The van der Waals surface area contributed by atoms with Gasteiger partial charge in [-0.25, -0.2) is 4.79 Å². The van der Waals surface area contributed by atoms with E-state index in [0.717, 1.165) is 22.8 Å². The van der Waals surface area contributed by atoms with Crippen LogP contribution < -0.4 is 0 Å². The fourth-order valence-electron chi connectivity index (χ4n) is 3.23. The molecule has 0 bridgehead atoms. The van der Waals surface area contributed by atoms with E-state index in [1.165, 1.54) is 0 Å². The summed E-state index contributed by atoms with van der Waals surface area (Å²) in [6.45, 7) is 0.273. The molecule has 0 spiro atoms. The first-order valence-corrected chi connectivity index (χ1v) is 9.07. The summed E-state index contributed by atoms with van der Waals surface area (Å²) in [6.07, 6.45) is 2.21. The highest BCUT2D eigenvalue weighted by molar-refractivity contribution is 6.31. The second kappa shape index (κ2) is 9.15. The lowest BCUT2D eigenvalue weighted by atomic mass is 9.89. The van der Waals surface area contributed by atoms with Crippen LogP contribution in [0.5, 0.6) is 0 Å². The molecule has 0 amide bonds. The Hall–Kier alpha value is -2.18. The van der Waals surface area contributed by atoms with Crippen LogP contribution >= 0.6 is 11.6 Å². The monoisotopic (exact) mass is 388 g/mol. The quantitative estimate of drug-likeness (QED) is 0.723. The Morgan fingerprint density at radius 3 is 2.56 bits per heavy atom. The summed E-state index contributed by atoms with van der Waals surface area (Å²) in [4.78, 5) is 10.8. The number of halogens is 1. The minimum atomic E-state index is -0.992. The van der Waals surface area contributed by atoms with Crippen LogP contribution in [0.25, 0.3) is 0 Å². The van der Waals surface area contributed by atoms with Crippen molar-refractivity contribution in [3.63, 3.8) is 0 Å². The number of benzene rings is 2. The lowest BCUT2D eigenvalue weighted by molar-refractivity contribution is -0.244. The van der Waals surface area contributed by atoms with Crippen LogP contribution in [0.15, 0.2) is 60.7 Å². The van der Waals surface area contributed by atoms with Crippen LogP contribution in [0, 0.1) is 5.92 Å². The summed E-state index contributed by atoms with van der Waals surface area (Å²) in [5, 5.41) is 19.1. The van der Waals surface area contributed by atoms with E-state index in [1.54, 1.807) is 12.1 Å². The van der Waals surface area contributed by atoms with Crippen LogP contribution in [-0.2, 0) is 20.9 Å². The number of carbonyl (C=O) groups is 1. The summed E-state index contributed by atoms with van der Waals surface area (Å²) in [7, 11) is 0. The van der Waals surface area contributed by atoms with Gasteiger partial charge in [0.1, 0.15) is 0 Å². The van der Waals surface area contributed by atoms with Crippen molar-refractivity contribution in [2.24, 2.45) is 5.92 Å². The second-order valence-electron chi connectivity index (χ2n) is 6.34. The fraction of sp³-hybridized carbons (Fsp3) is 0.286. The average molecular weight is 389 g/mol. The van der Waals surface area contributed by atoms with Gasteiger partial charge in [0.25, 0.3) is 0 Å². The molecule has 142 valence electrons. The van der Waals surface area contributed by atoms with Crippen molar-refractivity contribution in [2.45, 2.75) is 25.4 Å². The Kier molecular flexibility index (Phi) is 6.63. The van der Waals surface area contributed by atoms with Crippen LogP contribution in [0.3, 0.4) is 0 Å². The van der Waals surface area contributed by atoms with E-state index in [1.807, 2.05) is 42.5 Å². The number of allylic oxidation sites excluding steroid dienone is 1. The number of ether oxygens (including phenoxy) is 2. The molecular weight excluding hydrogens is 368 g/mol. The zero-order valence-electron chi connectivity index (χ0n) is 14.6. The zero-order valence-corrected chi connectivity index (χ0v) is 15.4. The number of rotatable bonds is 6. The smallest absolute Gasteiger partial charge is 0.327 e. The number of hydrogen-bond donors (Lipinski definition) is 2. The molecular formula is C21H21ClO5. The van der Waals surface area contributed by atoms with Gasteiger partial charge in [-0.05, 0) is 23.6 Å². The van der Waals surface area contributed by atoms with Crippen molar-refractivity contribution in [1.29, 1.82) is 0 Å². The van der Waals surface area contributed by atoms with E-state index in [0.29, 0.717) is 18.1 Å². The molecule has 6 heteroatoms. The molecule has 0 aromatic heterocycles. The predicted octanol–water partition coefficient (Wildman–Crippen LogP) is 4.27. The largest absolute Gasteiger partial charge is 0.478 e. The van der Waals surface area contributed by atoms with Crippen molar-refractivity contribution >= 4 is 17.6 Å². The third-order valence-electron chi connectivity index (χ3n) is 4.55. The van der Waals surface area contributed by atoms with Crippen LogP contribution in [-0.4, -0.2) is 22.8 Å². The first-order chi connectivity index (χ1) is 13.1. The van der Waals surface area contributed by atoms with Gasteiger partial charge in [0.15, 0.2) is 6.29 Å². The zero-order chi connectivity index (χ0) is 19.2. The molecule has 2 aromatic rings. The minimum absolute atomic E-state index is 0.0907. The summed E-state index contributed by atoms with van der Waals surface area (Å²) in [5.41, 5.74) is 2.38. The number of hydrogen-bond acceptors (Lipinski definition) is 4. The molecule has 0 aliphatic carbocycles. The predicted molar refractivity (Wildman–Crippen MR) is 101 cm³/mol. The van der Waals surface area contributed by atoms with Gasteiger partial charge in [0.2, 0.25) is 0 Å². The van der Waals surface area contributed by atoms with E-state index < -0.39 is 12.3 Å². The Bertz CT molecular complexity index is 820. The summed E-state index contributed by atoms with van der Waals surface area (Å²) >= 11 is 6.29. The molecule has 2 N–H and O–H groups in total. The number of carboxylic acid groups (broad SMARTS) is 1. The first-order valence-electron chi connectivity index (χ1n) is 8.69. The molecule has 0 radical (unpaired) electrons. The van der Waals surface area contributed by atoms with E-state index >= 15 is 0 Å². The van der Waals surface area contributed by atoms with E-state index in [-0.39, 0.29) is 18.6 Å². The average Bonchev–Trinajstić information content (AvgIpc) is 2.68. The lowest BCUT2D eigenvalue weighted by Crippen LogP contribution is -2.31. The van der Waals surface area contributed by atoms with Gasteiger partial charge in [0.05, 0.1) is 19.3 Å². The fourth-order valence-corrected chi connectivity index (χ4v) is 3.45. The Labute approximate surface area is 162 Å². The highest BCUT2D eigenvalue weighted by Gasteiger charge is 2.35. The summed E-state index contributed by atoms with van der Waals surface area (Å²) in [5.74, 6) is -1.08. The van der Waals surface area contributed by atoms with Crippen molar-refractivity contribution in [3.05, 3.63) is 82.4 Å². The van der Waals surface area contributed by atoms with Crippen molar-refractivity contribution in [2.75, 3.05) is 6.61 Å². The molecule has 0 unspecified atom stereocenters. The van der Waals surface area contributed by atoms with Crippen molar-refractivity contribution in [1.82, 2.24) is 0 Å². The van der Waals surface area contributed by atoms with Gasteiger partial charge in [-0.2, -0.15) is 0 Å². The Morgan fingerprint density at radius 2 is 1.85 bits per heavy atom. The van der Waals surface area contributed by atoms with Gasteiger partial charge in [-0.3, -0.25) is 0 Å². The third kappa shape index (κ3) is 4.76. The molecule has 1 saturated heterocycles. The van der Waals surface area contributed by atoms with Crippen LogP contribution in [0.4, 0.5) is 0 Å².